The van der Waals surface area contributed by atoms with Crippen molar-refractivity contribution in [2.24, 2.45) is 11.8 Å². The number of aryl methyl sites for hydroxylation is 1. The first-order chi connectivity index (χ1) is 10.2. The number of aromatic nitrogens is 4. The minimum Gasteiger partial charge on any atom is -0.339 e. The molecule has 2 aromatic heterocycles. The van der Waals surface area contributed by atoms with Crippen LogP contribution in [-0.2, 0) is 6.42 Å². The van der Waals surface area contributed by atoms with Crippen molar-refractivity contribution >= 4 is 0 Å². The molecule has 3 rings (SSSR count). The van der Waals surface area contributed by atoms with Crippen LogP contribution < -0.4 is 5.32 Å². The summed E-state index contributed by atoms with van der Waals surface area (Å²) in [5, 5.41) is 7.49. The van der Waals surface area contributed by atoms with Crippen LogP contribution in [-0.4, -0.2) is 33.2 Å². The maximum Gasteiger partial charge on any atom is 0.227 e. The second-order valence-electron chi connectivity index (χ2n) is 5.79. The van der Waals surface area contributed by atoms with Crippen LogP contribution in [0.5, 0.6) is 0 Å². The van der Waals surface area contributed by atoms with Gasteiger partial charge < -0.3 is 9.84 Å². The lowest BCUT2D eigenvalue weighted by atomic mass is 9.85. The van der Waals surface area contributed by atoms with Crippen molar-refractivity contribution in [3.05, 3.63) is 24.0 Å². The topological polar surface area (TPSA) is 76.7 Å². The Labute approximate surface area is 124 Å². The summed E-state index contributed by atoms with van der Waals surface area (Å²) in [6.45, 7) is 6.34. The average molecular weight is 287 g/mol. The highest BCUT2D eigenvalue weighted by Crippen LogP contribution is 2.23. The van der Waals surface area contributed by atoms with Gasteiger partial charge in [0.15, 0.2) is 0 Å². The van der Waals surface area contributed by atoms with Gasteiger partial charge in [-0.05, 0) is 50.8 Å². The summed E-state index contributed by atoms with van der Waals surface area (Å²) in [5.74, 6) is 3.18. The first kappa shape index (κ1) is 14.1. The smallest absolute Gasteiger partial charge is 0.227 e. The van der Waals surface area contributed by atoms with E-state index in [1.165, 1.54) is 12.8 Å². The zero-order chi connectivity index (χ0) is 14.7. The summed E-state index contributed by atoms with van der Waals surface area (Å²) in [4.78, 5) is 12.9. The third-order valence-electron chi connectivity index (χ3n) is 4.11. The summed E-state index contributed by atoms with van der Waals surface area (Å²) in [6, 6.07) is 1.80. The SMILES string of the molecule is Cc1nccc(-c2noc(CC(C)C3CCCNC3)n2)n1. The molecule has 0 aliphatic carbocycles. The van der Waals surface area contributed by atoms with Crippen LogP contribution in [0, 0.1) is 18.8 Å². The molecule has 21 heavy (non-hydrogen) atoms. The number of hydrogen-bond acceptors (Lipinski definition) is 6. The van der Waals surface area contributed by atoms with E-state index in [1.807, 2.05) is 6.92 Å². The van der Waals surface area contributed by atoms with Gasteiger partial charge in [-0.3, -0.25) is 0 Å². The molecule has 6 heteroatoms. The number of nitrogens with one attached hydrogen (secondary N) is 1. The quantitative estimate of drug-likeness (QED) is 0.927. The zero-order valence-corrected chi connectivity index (χ0v) is 12.5. The Bertz CT molecular complexity index is 591. The van der Waals surface area contributed by atoms with E-state index >= 15 is 0 Å². The van der Waals surface area contributed by atoms with Crippen molar-refractivity contribution in [3.8, 4) is 11.5 Å². The fraction of sp³-hybridized carbons (Fsp3) is 0.600. The van der Waals surface area contributed by atoms with Crippen molar-refractivity contribution in [1.29, 1.82) is 0 Å². The molecule has 0 saturated carbocycles. The van der Waals surface area contributed by atoms with Gasteiger partial charge in [-0.25, -0.2) is 9.97 Å². The molecule has 0 aromatic carbocycles. The minimum atomic E-state index is 0.540. The Kier molecular flexibility index (Phi) is 4.24. The molecule has 1 aliphatic heterocycles. The monoisotopic (exact) mass is 287 g/mol. The highest BCUT2D eigenvalue weighted by atomic mass is 16.5. The molecule has 2 atom stereocenters. The van der Waals surface area contributed by atoms with Crippen molar-refractivity contribution < 1.29 is 4.52 Å². The fourth-order valence-corrected chi connectivity index (χ4v) is 2.83. The van der Waals surface area contributed by atoms with Gasteiger partial charge in [-0.1, -0.05) is 12.1 Å². The number of nitrogens with zero attached hydrogens (tertiary/aromatic N) is 4. The summed E-state index contributed by atoms with van der Waals surface area (Å²) in [5.41, 5.74) is 0.712. The molecule has 1 fully saturated rings. The molecular weight excluding hydrogens is 266 g/mol. The molecular formula is C15H21N5O. The molecule has 3 heterocycles. The van der Waals surface area contributed by atoms with Gasteiger partial charge in [0.25, 0.3) is 0 Å². The molecule has 0 bridgehead atoms. The number of hydrogen-bond donors (Lipinski definition) is 1. The average Bonchev–Trinajstić information content (AvgIpc) is 2.97. The van der Waals surface area contributed by atoms with E-state index < -0.39 is 0 Å². The maximum absolute atomic E-state index is 5.38. The maximum atomic E-state index is 5.38. The summed E-state index contributed by atoms with van der Waals surface area (Å²) in [7, 11) is 0. The molecule has 1 aliphatic rings. The van der Waals surface area contributed by atoms with Gasteiger partial charge in [-0.2, -0.15) is 4.98 Å². The van der Waals surface area contributed by atoms with Gasteiger partial charge in [-0.15, -0.1) is 0 Å². The van der Waals surface area contributed by atoms with Crippen molar-refractivity contribution in [2.75, 3.05) is 13.1 Å². The van der Waals surface area contributed by atoms with Crippen LogP contribution in [0.4, 0.5) is 0 Å². The van der Waals surface area contributed by atoms with Gasteiger partial charge in [0.05, 0.1) is 0 Å². The van der Waals surface area contributed by atoms with Crippen LogP contribution in [0.25, 0.3) is 11.5 Å². The van der Waals surface area contributed by atoms with Crippen molar-refractivity contribution in [3.63, 3.8) is 0 Å². The molecule has 1 saturated heterocycles. The Morgan fingerprint density at radius 3 is 3.10 bits per heavy atom. The van der Waals surface area contributed by atoms with Gasteiger partial charge in [0.1, 0.15) is 11.5 Å². The van der Waals surface area contributed by atoms with Crippen LogP contribution in [0.2, 0.25) is 0 Å². The lowest BCUT2D eigenvalue weighted by molar-refractivity contribution is 0.257. The predicted molar refractivity (Wildman–Crippen MR) is 78.5 cm³/mol. The van der Waals surface area contributed by atoms with Gasteiger partial charge in [0.2, 0.25) is 11.7 Å². The third-order valence-corrected chi connectivity index (χ3v) is 4.11. The number of piperidine rings is 1. The van der Waals surface area contributed by atoms with E-state index in [0.29, 0.717) is 35.1 Å². The first-order valence-electron chi connectivity index (χ1n) is 7.55. The largest absolute Gasteiger partial charge is 0.339 e. The van der Waals surface area contributed by atoms with Crippen LogP contribution >= 0.6 is 0 Å². The fourth-order valence-electron chi connectivity index (χ4n) is 2.83. The second kappa shape index (κ2) is 6.30. The molecule has 112 valence electrons. The summed E-state index contributed by atoms with van der Waals surface area (Å²) < 4.78 is 5.38. The second-order valence-corrected chi connectivity index (χ2v) is 5.79. The molecule has 0 amide bonds. The van der Waals surface area contributed by atoms with Gasteiger partial charge in [0, 0.05) is 12.6 Å². The Morgan fingerprint density at radius 2 is 2.33 bits per heavy atom. The van der Waals surface area contributed by atoms with E-state index in [-0.39, 0.29) is 0 Å². The Hall–Kier alpha value is -1.82. The van der Waals surface area contributed by atoms with E-state index in [0.717, 1.165) is 19.5 Å². The highest BCUT2D eigenvalue weighted by molar-refractivity contribution is 5.46. The minimum absolute atomic E-state index is 0.540. The van der Waals surface area contributed by atoms with Crippen LogP contribution in [0.15, 0.2) is 16.8 Å². The molecule has 0 spiro atoms. The predicted octanol–water partition coefficient (Wildman–Crippen LogP) is 2.01. The van der Waals surface area contributed by atoms with E-state index in [2.05, 4.69) is 32.3 Å². The third kappa shape index (κ3) is 3.44. The lowest BCUT2D eigenvalue weighted by Gasteiger charge is -2.27. The Morgan fingerprint density at radius 1 is 1.43 bits per heavy atom. The normalized spacial score (nSPS) is 20.4. The Balaban J connectivity index is 1.67. The zero-order valence-electron chi connectivity index (χ0n) is 12.5. The van der Waals surface area contributed by atoms with E-state index in [4.69, 9.17) is 4.52 Å². The molecule has 6 nitrogen and oxygen atoms in total. The first-order valence-corrected chi connectivity index (χ1v) is 7.55. The van der Waals surface area contributed by atoms with Crippen molar-refractivity contribution in [2.45, 2.75) is 33.1 Å². The highest BCUT2D eigenvalue weighted by Gasteiger charge is 2.22. The number of rotatable bonds is 4. The summed E-state index contributed by atoms with van der Waals surface area (Å²) >= 11 is 0. The molecule has 2 aromatic rings. The van der Waals surface area contributed by atoms with Crippen molar-refractivity contribution in [1.82, 2.24) is 25.4 Å². The van der Waals surface area contributed by atoms with E-state index in [1.54, 1.807) is 12.3 Å². The van der Waals surface area contributed by atoms with Crippen LogP contribution in [0.3, 0.4) is 0 Å². The lowest BCUT2D eigenvalue weighted by Crippen LogP contribution is -2.33. The standard InChI is InChI=1S/C15H21N5O/c1-10(12-4-3-6-16-9-12)8-14-19-15(20-21-14)13-5-7-17-11(2)18-13/h5,7,10,12,16H,3-4,6,8-9H2,1-2H3. The van der Waals surface area contributed by atoms with Gasteiger partial charge >= 0.3 is 0 Å². The van der Waals surface area contributed by atoms with E-state index in [9.17, 15) is 0 Å². The van der Waals surface area contributed by atoms with Crippen LogP contribution in [0.1, 0.15) is 31.5 Å². The molecule has 2 unspecified atom stereocenters. The molecule has 0 radical (unpaired) electrons. The molecule has 1 N–H and O–H groups in total. The summed E-state index contributed by atoms with van der Waals surface area (Å²) in [6.07, 6.45) is 5.07.